The summed E-state index contributed by atoms with van der Waals surface area (Å²) in [6.07, 6.45) is 3.75. The van der Waals surface area contributed by atoms with Gasteiger partial charge in [0.25, 0.3) is 5.91 Å². The molecule has 102 valence electrons. The van der Waals surface area contributed by atoms with Gasteiger partial charge in [-0.05, 0) is 19.1 Å². The standard InChI is InChI=1S/C13H16N2O4/c1-2-15(8-9-16)13(19)12-10(4-3-7-14-12)5-6-11(17)18/h3-7,16H,2,8-9H2,1H3,(H,17,18)/b6-5+. The van der Waals surface area contributed by atoms with Gasteiger partial charge in [0, 0.05) is 30.9 Å². The van der Waals surface area contributed by atoms with Crippen LogP contribution < -0.4 is 0 Å². The summed E-state index contributed by atoms with van der Waals surface area (Å²) in [6.45, 7) is 2.32. The smallest absolute Gasteiger partial charge is 0.328 e. The van der Waals surface area contributed by atoms with Crippen LogP contribution in [0.25, 0.3) is 6.08 Å². The van der Waals surface area contributed by atoms with Gasteiger partial charge in [-0.3, -0.25) is 9.78 Å². The summed E-state index contributed by atoms with van der Waals surface area (Å²) in [5.41, 5.74) is 0.613. The van der Waals surface area contributed by atoms with Gasteiger partial charge in [0.2, 0.25) is 0 Å². The number of aliphatic hydroxyl groups is 1. The topological polar surface area (TPSA) is 90.7 Å². The molecule has 0 radical (unpaired) electrons. The van der Waals surface area contributed by atoms with Crippen LogP contribution in [0.15, 0.2) is 24.4 Å². The molecule has 1 rings (SSSR count). The van der Waals surface area contributed by atoms with E-state index in [1.807, 2.05) is 0 Å². The van der Waals surface area contributed by atoms with Gasteiger partial charge in [0.1, 0.15) is 5.69 Å². The quantitative estimate of drug-likeness (QED) is 0.735. The monoisotopic (exact) mass is 264 g/mol. The Kier molecular flexibility index (Phi) is 5.69. The molecule has 0 saturated carbocycles. The number of aliphatic carboxylic acids is 1. The van der Waals surface area contributed by atoms with Gasteiger partial charge in [0.05, 0.1) is 6.61 Å². The molecule has 0 bridgehead atoms. The van der Waals surface area contributed by atoms with Crippen molar-refractivity contribution in [2.24, 2.45) is 0 Å². The average Bonchev–Trinajstić information content (AvgIpc) is 2.42. The van der Waals surface area contributed by atoms with E-state index in [1.54, 1.807) is 19.1 Å². The summed E-state index contributed by atoms with van der Waals surface area (Å²) in [4.78, 5) is 28.1. The molecule has 1 aromatic heterocycles. The largest absolute Gasteiger partial charge is 0.478 e. The molecule has 0 spiro atoms. The summed E-state index contributed by atoms with van der Waals surface area (Å²) in [6, 6.07) is 3.24. The summed E-state index contributed by atoms with van der Waals surface area (Å²) < 4.78 is 0. The van der Waals surface area contributed by atoms with Crippen molar-refractivity contribution in [2.75, 3.05) is 19.7 Å². The predicted molar refractivity (Wildman–Crippen MR) is 69.6 cm³/mol. The van der Waals surface area contributed by atoms with Crippen molar-refractivity contribution in [3.63, 3.8) is 0 Å². The molecular formula is C13H16N2O4. The molecule has 0 aliphatic rings. The number of carboxylic acid groups (broad SMARTS) is 1. The van der Waals surface area contributed by atoms with Gasteiger partial charge in [-0.25, -0.2) is 4.79 Å². The lowest BCUT2D eigenvalue weighted by atomic mass is 10.1. The van der Waals surface area contributed by atoms with Crippen LogP contribution in [0.4, 0.5) is 0 Å². The second kappa shape index (κ2) is 7.27. The number of hydrogen-bond donors (Lipinski definition) is 2. The highest BCUT2D eigenvalue weighted by molar-refractivity contribution is 5.97. The van der Waals surface area contributed by atoms with E-state index in [-0.39, 0.29) is 24.8 Å². The number of nitrogens with zero attached hydrogens (tertiary/aromatic N) is 2. The van der Waals surface area contributed by atoms with Gasteiger partial charge in [0.15, 0.2) is 0 Å². The van der Waals surface area contributed by atoms with Gasteiger partial charge >= 0.3 is 5.97 Å². The molecule has 0 aliphatic carbocycles. The lowest BCUT2D eigenvalue weighted by Crippen LogP contribution is -2.34. The van der Waals surface area contributed by atoms with E-state index in [4.69, 9.17) is 10.2 Å². The van der Waals surface area contributed by atoms with Crippen LogP contribution in [0, 0.1) is 0 Å². The fourth-order valence-electron chi connectivity index (χ4n) is 1.57. The van der Waals surface area contributed by atoms with Crippen LogP contribution in [0.2, 0.25) is 0 Å². The molecule has 0 aliphatic heterocycles. The maximum Gasteiger partial charge on any atom is 0.328 e. The van der Waals surface area contributed by atoms with E-state index in [0.717, 1.165) is 6.08 Å². The number of rotatable bonds is 6. The molecule has 0 fully saturated rings. The highest BCUT2D eigenvalue weighted by atomic mass is 16.4. The first kappa shape index (κ1) is 14.8. The van der Waals surface area contributed by atoms with Crippen molar-refractivity contribution in [1.29, 1.82) is 0 Å². The Morgan fingerprint density at radius 1 is 1.47 bits per heavy atom. The molecule has 0 saturated heterocycles. The Morgan fingerprint density at radius 2 is 2.21 bits per heavy atom. The van der Waals surface area contributed by atoms with Crippen LogP contribution in [-0.2, 0) is 4.79 Å². The Morgan fingerprint density at radius 3 is 2.79 bits per heavy atom. The molecule has 0 unspecified atom stereocenters. The molecule has 19 heavy (non-hydrogen) atoms. The number of aliphatic hydroxyl groups excluding tert-OH is 1. The van der Waals surface area contributed by atoms with Gasteiger partial charge in [-0.15, -0.1) is 0 Å². The number of carbonyl (C=O) groups is 2. The molecule has 6 nitrogen and oxygen atoms in total. The zero-order chi connectivity index (χ0) is 14.3. The number of carboxylic acids is 1. The SMILES string of the molecule is CCN(CCO)C(=O)c1ncccc1/C=C/C(=O)O. The lowest BCUT2D eigenvalue weighted by Gasteiger charge is -2.19. The Bertz CT molecular complexity index is 485. The van der Waals surface area contributed by atoms with Crippen LogP contribution in [0.1, 0.15) is 23.0 Å². The van der Waals surface area contributed by atoms with E-state index in [0.29, 0.717) is 12.1 Å². The zero-order valence-corrected chi connectivity index (χ0v) is 10.6. The Labute approximate surface area is 111 Å². The number of pyridine rings is 1. The number of amides is 1. The zero-order valence-electron chi connectivity index (χ0n) is 10.6. The molecule has 0 atom stereocenters. The van der Waals surface area contributed by atoms with Crippen LogP contribution in [-0.4, -0.2) is 51.7 Å². The van der Waals surface area contributed by atoms with E-state index in [9.17, 15) is 9.59 Å². The molecule has 1 heterocycles. The highest BCUT2D eigenvalue weighted by Crippen LogP contribution is 2.11. The van der Waals surface area contributed by atoms with Crippen molar-refractivity contribution in [3.05, 3.63) is 35.7 Å². The van der Waals surface area contributed by atoms with E-state index >= 15 is 0 Å². The predicted octanol–water partition coefficient (Wildman–Crippen LogP) is 0.634. The summed E-state index contributed by atoms with van der Waals surface area (Å²) in [5, 5.41) is 17.5. The molecule has 1 amide bonds. The van der Waals surface area contributed by atoms with Crippen molar-refractivity contribution >= 4 is 18.0 Å². The molecule has 2 N–H and O–H groups in total. The first-order valence-corrected chi connectivity index (χ1v) is 5.86. The van der Waals surface area contributed by atoms with Crippen molar-refractivity contribution < 1.29 is 19.8 Å². The molecule has 0 aromatic carbocycles. The Balaban J connectivity index is 3.05. The fourth-order valence-corrected chi connectivity index (χ4v) is 1.57. The summed E-state index contributed by atoms with van der Waals surface area (Å²) in [7, 11) is 0. The van der Waals surface area contributed by atoms with Gasteiger partial charge in [-0.2, -0.15) is 0 Å². The molecule has 1 aromatic rings. The minimum absolute atomic E-state index is 0.132. The minimum atomic E-state index is -1.09. The maximum absolute atomic E-state index is 12.2. The number of carbonyl (C=O) groups excluding carboxylic acids is 1. The van der Waals surface area contributed by atoms with Crippen LogP contribution in [0.5, 0.6) is 0 Å². The van der Waals surface area contributed by atoms with Crippen molar-refractivity contribution in [2.45, 2.75) is 6.92 Å². The number of likely N-dealkylation sites (N-methyl/N-ethyl adjacent to an activating group) is 1. The first-order chi connectivity index (χ1) is 9.10. The third-order valence-corrected chi connectivity index (χ3v) is 2.49. The third kappa shape index (κ3) is 4.18. The Hall–Kier alpha value is -2.21. The van der Waals surface area contributed by atoms with Crippen molar-refractivity contribution in [1.82, 2.24) is 9.88 Å². The fraction of sp³-hybridized carbons (Fsp3) is 0.308. The number of aromatic nitrogens is 1. The lowest BCUT2D eigenvalue weighted by molar-refractivity contribution is -0.131. The summed E-state index contributed by atoms with van der Waals surface area (Å²) >= 11 is 0. The maximum atomic E-state index is 12.2. The normalized spacial score (nSPS) is 10.6. The second-order valence-corrected chi connectivity index (χ2v) is 3.72. The third-order valence-electron chi connectivity index (χ3n) is 2.49. The van der Waals surface area contributed by atoms with Crippen molar-refractivity contribution in [3.8, 4) is 0 Å². The summed E-state index contributed by atoms with van der Waals surface area (Å²) in [5.74, 6) is -1.42. The van der Waals surface area contributed by atoms with E-state index in [2.05, 4.69) is 4.98 Å². The van der Waals surface area contributed by atoms with E-state index < -0.39 is 5.97 Å². The van der Waals surface area contributed by atoms with Crippen LogP contribution in [0.3, 0.4) is 0 Å². The first-order valence-electron chi connectivity index (χ1n) is 5.86. The van der Waals surface area contributed by atoms with E-state index in [1.165, 1.54) is 17.2 Å². The van der Waals surface area contributed by atoms with Crippen LogP contribution >= 0.6 is 0 Å². The molecular weight excluding hydrogens is 248 g/mol. The van der Waals surface area contributed by atoms with Gasteiger partial charge < -0.3 is 15.1 Å². The number of hydrogen-bond acceptors (Lipinski definition) is 4. The van der Waals surface area contributed by atoms with Gasteiger partial charge in [-0.1, -0.05) is 6.07 Å². The minimum Gasteiger partial charge on any atom is -0.478 e. The second-order valence-electron chi connectivity index (χ2n) is 3.72. The molecule has 6 heteroatoms. The highest BCUT2D eigenvalue weighted by Gasteiger charge is 2.17. The average molecular weight is 264 g/mol.